The zero-order chi connectivity index (χ0) is 17.4. The van der Waals surface area contributed by atoms with Crippen molar-refractivity contribution in [2.75, 3.05) is 20.1 Å². The third kappa shape index (κ3) is 2.95. The monoisotopic (exact) mass is 340 g/mol. The van der Waals surface area contributed by atoms with E-state index in [0.717, 1.165) is 49.2 Å². The molecule has 1 aromatic heterocycles. The third-order valence-corrected chi connectivity index (χ3v) is 5.98. The van der Waals surface area contributed by atoms with Crippen molar-refractivity contribution in [1.29, 1.82) is 0 Å². The van der Waals surface area contributed by atoms with Crippen molar-refractivity contribution in [2.24, 2.45) is 0 Å². The van der Waals surface area contributed by atoms with Gasteiger partial charge in [-0.2, -0.15) is 0 Å². The Labute approximate surface area is 149 Å². The van der Waals surface area contributed by atoms with Crippen LogP contribution in [0.1, 0.15) is 38.4 Å². The fourth-order valence-electron chi connectivity index (χ4n) is 4.72. The smallest absolute Gasteiger partial charge is 0.242 e. The zero-order valence-corrected chi connectivity index (χ0v) is 15.3. The maximum Gasteiger partial charge on any atom is 0.242 e. The Kier molecular flexibility index (Phi) is 4.50. The van der Waals surface area contributed by atoms with Crippen LogP contribution < -0.4 is 0 Å². The lowest BCUT2D eigenvalue weighted by atomic mass is 10.0. The first-order valence-corrected chi connectivity index (χ1v) is 9.63. The summed E-state index contributed by atoms with van der Waals surface area (Å²) in [6.45, 7) is 4.59. The van der Waals surface area contributed by atoms with Gasteiger partial charge in [0.25, 0.3) is 0 Å². The lowest BCUT2D eigenvalue weighted by molar-refractivity contribution is -0.133. The molecule has 2 atom stereocenters. The minimum Gasteiger partial charge on any atom is -0.337 e. The minimum atomic E-state index is 0.251. The summed E-state index contributed by atoms with van der Waals surface area (Å²) in [5.74, 6) is 1.25. The Bertz CT molecular complexity index is 768. The number of fused-ring (bicyclic) bond motifs is 1. The van der Waals surface area contributed by atoms with E-state index in [1.165, 1.54) is 12.8 Å². The van der Waals surface area contributed by atoms with Gasteiger partial charge in [0, 0.05) is 25.0 Å². The summed E-state index contributed by atoms with van der Waals surface area (Å²) in [5, 5.41) is 0. The molecule has 2 fully saturated rings. The second kappa shape index (κ2) is 6.79. The highest BCUT2D eigenvalue weighted by atomic mass is 16.2. The van der Waals surface area contributed by atoms with Gasteiger partial charge in [0.15, 0.2) is 0 Å². The maximum absolute atomic E-state index is 13.2. The Balaban J connectivity index is 1.57. The Morgan fingerprint density at radius 1 is 1.16 bits per heavy atom. The van der Waals surface area contributed by atoms with E-state index in [1.807, 2.05) is 18.2 Å². The number of amides is 1. The standard InChI is InChI=1S/C20H28N4O/c1-3-19-21-15-8-4-5-9-16(15)24(19)14-20(25)23-13-7-11-18(23)17-10-6-12-22(17)2/h4-5,8-9,17-18H,3,6-7,10-14H2,1-2H3/t17-,18+/m0/s1. The molecule has 2 aliphatic heterocycles. The van der Waals surface area contributed by atoms with Gasteiger partial charge in [0.1, 0.15) is 12.4 Å². The lowest BCUT2D eigenvalue weighted by Crippen LogP contribution is -2.48. The van der Waals surface area contributed by atoms with Gasteiger partial charge >= 0.3 is 0 Å². The summed E-state index contributed by atoms with van der Waals surface area (Å²) in [6.07, 6.45) is 5.60. The summed E-state index contributed by atoms with van der Waals surface area (Å²) in [7, 11) is 2.21. The van der Waals surface area contributed by atoms with Crippen molar-refractivity contribution < 1.29 is 4.79 Å². The topological polar surface area (TPSA) is 41.4 Å². The van der Waals surface area contributed by atoms with E-state index in [2.05, 4.69) is 34.4 Å². The average Bonchev–Trinajstić information content (AvgIpc) is 3.33. The van der Waals surface area contributed by atoms with E-state index in [0.29, 0.717) is 18.6 Å². The largest absolute Gasteiger partial charge is 0.337 e. The summed E-state index contributed by atoms with van der Waals surface area (Å²) in [5.41, 5.74) is 2.06. The van der Waals surface area contributed by atoms with Crippen LogP contribution in [0, 0.1) is 0 Å². The molecule has 4 rings (SSSR count). The molecule has 2 aromatic rings. The molecule has 1 aromatic carbocycles. The number of imidazole rings is 1. The predicted octanol–water partition coefficient (Wildman–Crippen LogP) is 2.68. The number of aromatic nitrogens is 2. The summed E-state index contributed by atoms with van der Waals surface area (Å²) >= 11 is 0. The number of likely N-dealkylation sites (N-methyl/N-ethyl adjacent to an activating group) is 1. The molecule has 2 aliphatic rings. The molecule has 0 spiro atoms. The number of rotatable bonds is 4. The van der Waals surface area contributed by atoms with Gasteiger partial charge in [-0.05, 0) is 51.4 Å². The Morgan fingerprint density at radius 2 is 1.92 bits per heavy atom. The summed E-state index contributed by atoms with van der Waals surface area (Å²) in [6, 6.07) is 9.06. The zero-order valence-electron chi connectivity index (χ0n) is 15.3. The van der Waals surface area contributed by atoms with E-state index < -0.39 is 0 Å². The first-order valence-electron chi connectivity index (χ1n) is 9.63. The maximum atomic E-state index is 13.2. The fourth-order valence-corrected chi connectivity index (χ4v) is 4.72. The number of hydrogen-bond donors (Lipinski definition) is 0. The van der Waals surface area contributed by atoms with Crippen LogP contribution in [-0.2, 0) is 17.8 Å². The minimum absolute atomic E-state index is 0.251. The van der Waals surface area contributed by atoms with Crippen LogP contribution >= 0.6 is 0 Å². The number of benzene rings is 1. The normalized spacial score (nSPS) is 24.5. The first kappa shape index (κ1) is 16.6. The molecule has 1 amide bonds. The molecule has 2 saturated heterocycles. The molecule has 5 nitrogen and oxygen atoms in total. The molecular formula is C20H28N4O. The lowest BCUT2D eigenvalue weighted by Gasteiger charge is -2.33. The Hall–Kier alpha value is -1.88. The van der Waals surface area contributed by atoms with Gasteiger partial charge in [-0.3, -0.25) is 4.79 Å². The van der Waals surface area contributed by atoms with E-state index in [1.54, 1.807) is 0 Å². The molecule has 0 radical (unpaired) electrons. The van der Waals surface area contributed by atoms with Crippen LogP contribution in [0.5, 0.6) is 0 Å². The number of aryl methyl sites for hydroxylation is 1. The molecule has 3 heterocycles. The molecule has 0 bridgehead atoms. The molecule has 0 unspecified atom stereocenters. The van der Waals surface area contributed by atoms with E-state index in [4.69, 9.17) is 4.98 Å². The van der Waals surface area contributed by atoms with Crippen molar-refractivity contribution in [3.05, 3.63) is 30.1 Å². The molecule has 5 heteroatoms. The van der Waals surface area contributed by atoms with Crippen LogP contribution in [0.2, 0.25) is 0 Å². The van der Waals surface area contributed by atoms with Gasteiger partial charge in [-0.15, -0.1) is 0 Å². The number of para-hydroxylation sites is 2. The average molecular weight is 340 g/mol. The van der Waals surface area contributed by atoms with Crippen molar-refractivity contribution in [3.8, 4) is 0 Å². The summed E-state index contributed by atoms with van der Waals surface area (Å²) < 4.78 is 2.12. The van der Waals surface area contributed by atoms with Crippen molar-refractivity contribution in [2.45, 2.75) is 57.7 Å². The fraction of sp³-hybridized carbons (Fsp3) is 0.600. The molecular weight excluding hydrogens is 312 g/mol. The SMILES string of the molecule is CCc1nc2ccccc2n1CC(=O)N1CCC[C@@H]1[C@@H]1CCCN1C. The van der Waals surface area contributed by atoms with Gasteiger partial charge in [0.2, 0.25) is 5.91 Å². The summed E-state index contributed by atoms with van der Waals surface area (Å²) in [4.78, 5) is 22.5. The molecule has 134 valence electrons. The second-order valence-electron chi connectivity index (χ2n) is 7.44. The highest BCUT2D eigenvalue weighted by Gasteiger charge is 2.38. The molecule has 25 heavy (non-hydrogen) atoms. The van der Waals surface area contributed by atoms with E-state index in [-0.39, 0.29) is 5.91 Å². The number of hydrogen-bond acceptors (Lipinski definition) is 3. The second-order valence-corrected chi connectivity index (χ2v) is 7.44. The highest BCUT2D eigenvalue weighted by molar-refractivity contribution is 5.81. The highest BCUT2D eigenvalue weighted by Crippen LogP contribution is 2.29. The van der Waals surface area contributed by atoms with Gasteiger partial charge < -0.3 is 14.4 Å². The van der Waals surface area contributed by atoms with Crippen molar-refractivity contribution in [3.63, 3.8) is 0 Å². The van der Waals surface area contributed by atoms with Gasteiger partial charge in [-0.25, -0.2) is 4.98 Å². The number of nitrogens with zero attached hydrogens (tertiary/aromatic N) is 4. The number of carbonyl (C=O) groups excluding carboxylic acids is 1. The first-order chi connectivity index (χ1) is 12.2. The van der Waals surface area contributed by atoms with Crippen LogP contribution in [0.3, 0.4) is 0 Å². The molecule has 0 N–H and O–H groups in total. The van der Waals surface area contributed by atoms with Crippen LogP contribution in [0.25, 0.3) is 11.0 Å². The van der Waals surface area contributed by atoms with Crippen molar-refractivity contribution >= 4 is 16.9 Å². The quantitative estimate of drug-likeness (QED) is 0.859. The van der Waals surface area contributed by atoms with Gasteiger partial charge in [-0.1, -0.05) is 19.1 Å². The van der Waals surface area contributed by atoms with Gasteiger partial charge in [0.05, 0.1) is 11.0 Å². The molecule has 0 aliphatic carbocycles. The van der Waals surface area contributed by atoms with E-state index in [9.17, 15) is 4.79 Å². The Morgan fingerprint density at radius 3 is 2.68 bits per heavy atom. The number of carbonyl (C=O) groups is 1. The van der Waals surface area contributed by atoms with Crippen LogP contribution in [0.4, 0.5) is 0 Å². The van der Waals surface area contributed by atoms with Crippen molar-refractivity contribution in [1.82, 2.24) is 19.4 Å². The predicted molar refractivity (Wildman–Crippen MR) is 99.5 cm³/mol. The third-order valence-electron chi connectivity index (χ3n) is 5.98. The number of likely N-dealkylation sites (tertiary alicyclic amines) is 2. The van der Waals surface area contributed by atoms with Crippen LogP contribution in [-0.4, -0.2) is 57.5 Å². The van der Waals surface area contributed by atoms with E-state index >= 15 is 0 Å². The molecule has 0 saturated carbocycles. The van der Waals surface area contributed by atoms with Crippen LogP contribution in [0.15, 0.2) is 24.3 Å².